The number of amides is 2. The van der Waals surface area contributed by atoms with E-state index in [-0.39, 0.29) is 24.1 Å². The second kappa shape index (κ2) is 5.69. The molecule has 1 aliphatic rings. The number of hydrogen-bond acceptors (Lipinski definition) is 4. The van der Waals surface area contributed by atoms with Crippen LogP contribution in [0.5, 0.6) is 0 Å². The van der Waals surface area contributed by atoms with Crippen molar-refractivity contribution in [3.8, 4) is 0 Å². The quantitative estimate of drug-likeness (QED) is 0.658. The predicted octanol–water partition coefficient (Wildman–Crippen LogP) is -0.216. The molecule has 7 heteroatoms. The second-order valence-corrected chi connectivity index (χ2v) is 3.81. The standard InChI is InChI=1S/C9H13ClN2O4/c10-4-6(13)7(16-9(11)15)3-5-1-2-12-8(5)14/h5,7H,1-4H2,(H2,11,15)(H,12,14). The highest BCUT2D eigenvalue weighted by atomic mass is 35.5. The molecule has 1 aliphatic heterocycles. The number of nitrogens with two attached hydrogens (primary N) is 1. The van der Waals surface area contributed by atoms with Crippen LogP contribution >= 0.6 is 11.6 Å². The number of alkyl halides is 1. The molecule has 3 N–H and O–H groups in total. The van der Waals surface area contributed by atoms with Crippen molar-refractivity contribution in [2.45, 2.75) is 18.9 Å². The fourth-order valence-electron chi connectivity index (χ4n) is 1.60. The predicted molar refractivity (Wildman–Crippen MR) is 55.9 cm³/mol. The van der Waals surface area contributed by atoms with Crippen LogP contribution in [0.1, 0.15) is 12.8 Å². The highest BCUT2D eigenvalue weighted by Crippen LogP contribution is 2.18. The lowest BCUT2D eigenvalue weighted by Crippen LogP contribution is -2.34. The zero-order valence-corrected chi connectivity index (χ0v) is 9.33. The van der Waals surface area contributed by atoms with Gasteiger partial charge < -0.3 is 15.8 Å². The first-order chi connectivity index (χ1) is 7.54. The molecule has 0 aliphatic carbocycles. The van der Waals surface area contributed by atoms with Gasteiger partial charge in [0.25, 0.3) is 0 Å². The van der Waals surface area contributed by atoms with E-state index < -0.39 is 18.0 Å². The van der Waals surface area contributed by atoms with Crippen molar-refractivity contribution >= 4 is 29.4 Å². The zero-order chi connectivity index (χ0) is 12.1. The molecule has 1 heterocycles. The summed E-state index contributed by atoms with van der Waals surface area (Å²) >= 11 is 5.37. The molecule has 2 unspecified atom stereocenters. The number of halogens is 1. The van der Waals surface area contributed by atoms with Crippen LogP contribution in [0, 0.1) is 5.92 Å². The Balaban J connectivity index is 2.58. The number of rotatable bonds is 5. The van der Waals surface area contributed by atoms with Gasteiger partial charge in [0.1, 0.15) is 0 Å². The van der Waals surface area contributed by atoms with Gasteiger partial charge in [0.2, 0.25) is 5.91 Å². The number of hydrogen-bond donors (Lipinski definition) is 2. The van der Waals surface area contributed by atoms with E-state index in [1.807, 2.05) is 0 Å². The second-order valence-electron chi connectivity index (χ2n) is 3.54. The molecule has 0 spiro atoms. The molecular formula is C9H13ClN2O4. The van der Waals surface area contributed by atoms with E-state index in [0.29, 0.717) is 13.0 Å². The van der Waals surface area contributed by atoms with Crippen molar-refractivity contribution in [1.82, 2.24) is 5.32 Å². The number of primary amides is 1. The van der Waals surface area contributed by atoms with E-state index in [1.165, 1.54) is 0 Å². The minimum Gasteiger partial charge on any atom is -0.438 e. The smallest absolute Gasteiger partial charge is 0.405 e. The number of carbonyl (C=O) groups excluding carboxylic acids is 3. The number of ketones is 1. The maximum atomic E-state index is 11.3. The maximum Gasteiger partial charge on any atom is 0.405 e. The summed E-state index contributed by atoms with van der Waals surface area (Å²) < 4.78 is 4.64. The molecule has 0 aromatic rings. The van der Waals surface area contributed by atoms with Crippen LogP contribution in [0.4, 0.5) is 4.79 Å². The highest BCUT2D eigenvalue weighted by molar-refractivity contribution is 6.28. The third-order valence-corrected chi connectivity index (χ3v) is 2.67. The SMILES string of the molecule is NC(=O)OC(CC1CCNC1=O)C(=O)CCl. The lowest BCUT2D eigenvalue weighted by molar-refractivity contribution is -0.127. The van der Waals surface area contributed by atoms with Gasteiger partial charge in [-0.25, -0.2) is 4.79 Å². The van der Waals surface area contributed by atoms with Crippen molar-refractivity contribution < 1.29 is 19.1 Å². The van der Waals surface area contributed by atoms with Gasteiger partial charge in [-0.15, -0.1) is 11.6 Å². The Hall–Kier alpha value is -1.30. The van der Waals surface area contributed by atoms with Crippen molar-refractivity contribution in [3.63, 3.8) is 0 Å². The van der Waals surface area contributed by atoms with E-state index in [4.69, 9.17) is 17.3 Å². The Morgan fingerprint density at radius 3 is 2.75 bits per heavy atom. The van der Waals surface area contributed by atoms with Gasteiger partial charge in [-0.05, 0) is 6.42 Å². The van der Waals surface area contributed by atoms with Crippen LogP contribution in [0.15, 0.2) is 0 Å². The van der Waals surface area contributed by atoms with E-state index in [1.54, 1.807) is 0 Å². The van der Waals surface area contributed by atoms with Crippen LogP contribution in [0.25, 0.3) is 0 Å². The van der Waals surface area contributed by atoms with Gasteiger partial charge in [-0.1, -0.05) is 0 Å². The molecule has 0 saturated carbocycles. The molecule has 90 valence electrons. The monoisotopic (exact) mass is 248 g/mol. The molecule has 1 saturated heterocycles. The summed E-state index contributed by atoms with van der Waals surface area (Å²) in [5.41, 5.74) is 4.84. The minimum atomic E-state index is -1.04. The molecule has 0 aromatic heterocycles. The highest BCUT2D eigenvalue weighted by Gasteiger charge is 2.31. The number of carbonyl (C=O) groups is 3. The summed E-state index contributed by atoms with van der Waals surface area (Å²) in [6, 6.07) is 0. The summed E-state index contributed by atoms with van der Waals surface area (Å²) in [7, 11) is 0. The van der Waals surface area contributed by atoms with Gasteiger partial charge in [-0.2, -0.15) is 0 Å². The fourth-order valence-corrected chi connectivity index (χ4v) is 1.77. The Morgan fingerprint density at radius 1 is 1.62 bits per heavy atom. The maximum absolute atomic E-state index is 11.3. The van der Waals surface area contributed by atoms with E-state index >= 15 is 0 Å². The molecule has 2 amide bonds. The molecule has 0 bridgehead atoms. The molecule has 16 heavy (non-hydrogen) atoms. The molecule has 0 aromatic carbocycles. The molecule has 2 atom stereocenters. The molecule has 6 nitrogen and oxygen atoms in total. The van der Waals surface area contributed by atoms with E-state index in [0.717, 1.165) is 0 Å². The zero-order valence-electron chi connectivity index (χ0n) is 8.57. The number of nitrogens with one attached hydrogen (secondary N) is 1. The largest absolute Gasteiger partial charge is 0.438 e. The minimum absolute atomic E-state index is 0.138. The number of ether oxygens (including phenoxy) is 1. The lowest BCUT2D eigenvalue weighted by atomic mass is 9.98. The summed E-state index contributed by atoms with van der Waals surface area (Å²) in [6.07, 6.45) is -1.31. The average Bonchev–Trinajstić information content (AvgIpc) is 2.61. The van der Waals surface area contributed by atoms with E-state index in [2.05, 4.69) is 10.1 Å². The Morgan fingerprint density at radius 2 is 2.31 bits per heavy atom. The Kier molecular flexibility index (Phi) is 4.54. The lowest BCUT2D eigenvalue weighted by Gasteiger charge is -2.16. The molecule has 1 rings (SSSR count). The normalized spacial score (nSPS) is 21.3. The van der Waals surface area contributed by atoms with Crippen molar-refractivity contribution in [3.05, 3.63) is 0 Å². The van der Waals surface area contributed by atoms with Crippen molar-refractivity contribution in [2.75, 3.05) is 12.4 Å². The fraction of sp³-hybridized carbons (Fsp3) is 0.667. The van der Waals surface area contributed by atoms with Gasteiger partial charge in [0.05, 0.1) is 5.88 Å². The van der Waals surface area contributed by atoms with Gasteiger partial charge >= 0.3 is 6.09 Å². The summed E-state index contributed by atoms with van der Waals surface area (Å²) in [5.74, 6) is -1.18. The van der Waals surface area contributed by atoms with Crippen LogP contribution in [-0.2, 0) is 14.3 Å². The summed E-state index contributed by atoms with van der Waals surface area (Å²) in [4.78, 5) is 33.2. The summed E-state index contributed by atoms with van der Waals surface area (Å²) in [5, 5.41) is 2.63. The van der Waals surface area contributed by atoms with Crippen LogP contribution in [-0.4, -0.2) is 36.3 Å². The number of Topliss-reactive ketones (excluding diaryl/α,β-unsaturated/α-hetero) is 1. The molecular weight excluding hydrogens is 236 g/mol. The van der Waals surface area contributed by atoms with Gasteiger partial charge in [-0.3, -0.25) is 9.59 Å². The van der Waals surface area contributed by atoms with Crippen LogP contribution < -0.4 is 11.1 Å². The first kappa shape index (κ1) is 12.8. The topological polar surface area (TPSA) is 98.5 Å². The molecule has 0 radical (unpaired) electrons. The third-order valence-electron chi connectivity index (χ3n) is 2.41. The van der Waals surface area contributed by atoms with Crippen molar-refractivity contribution in [2.24, 2.45) is 11.7 Å². The van der Waals surface area contributed by atoms with Crippen LogP contribution in [0.2, 0.25) is 0 Å². The van der Waals surface area contributed by atoms with Gasteiger partial charge in [0.15, 0.2) is 11.9 Å². The third kappa shape index (κ3) is 3.37. The van der Waals surface area contributed by atoms with Crippen LogP contribution in [0.3, 0.4) is 0 Å². The van der Waals surface area contributed by atoms with Gasteiger partial charge in [0, 0.05) is 18.9 Å². The van der Waals surface area contributed by atoms with E-state index in [9.17, 15) is 14.4 Å². The summed E-state index contributed by atoms with van der Waals surface area (Å²) in [6.45, 7) is 0.571. The Labute approximate surface area is 97.4 Å². The first-order valence-electron chi connectivity index (χ1n) is 4.87. The average molecular weight is 249 g/mol. The first-order valence-corrected chi connectivity index (χ1v) is 5.40. The molecule has 1 fully saturated rings. The Bertz CT molecular complexity index is 308. The van der Waals surface area contributed by atoms with Crippen molar-refractivity contribution in [1.29, 1.82) is 0 Å².